The van der Waals surface area contributed by atoms with E-state index in [1.165, 1.54) is 28.1 Å². The minimum absolute atomic E-state index is 0.687. The molecule has 12 aromatic carbocycles. The van der Waals surface area contributed by atoms with Crippen LogP contribution in [0.15, 0.2) is 437 Å². The molecule has 32 nitrogen and oxygen atoms in total. The minimum Gasteiger partial charge on any atom is -0.372 e. The van der Waals surface area contributed by atoms with Crippen LogP contribution in [-0.2, 0) is 111 Å². The Hall–Kier alpha value is -17.9. The molecule has 0 aliphatic carbocycles. The van der Waals surface area contributed by atoms with E-state index in [-0.39, 0.29) is 0 Å². The highest BCUT2D eigenvalue weighted by molar-refractivity contribution is 7.13. The van der Waals surface area contributed by atoms with Crippen molar-refractivity contribution >= 4 is 141 Å². The van der Waals surface area contributed by atoms with Crippen molar-refractivity contribution in [2.75, 3.05) is 34.3 Å². The van der Waals surface area contributed by atoms with Crippen molar-refractivity contribution in [3.05, 3.63) is 393 Å². The van der Waals surface area contributed by atoms with Gasteiger partial charge in [-0.25, -0.2) is 27.4 Å². The quantitative estimate of drug-likeness (QED) is 0.0354. The molecular formula is C114H122N32S2+6. The molecule has 0 saturated carbocycles. The zero-order valence-electron chi connectivity index (χ0n) is 86.2. The molecule has 21 aromatic rings. The normalized spacial score (nSPS) is 11.4. The smallest absolute Gasteiger partial charge is 0.372 e. The standard InChI is InChI=1S/C24H25N6.C19H19N6.C19H23N6.2C19H17N4S.C14H21N6/c1-28-19-25-29(2)24(28)27-26-22-13-15-23(16-14-22)30(17-20-9-5-3-6-10-20)18-21-11-7-4-8-12-21;1-23-13-20-25(3)19(23)22-21-17-15-11-7-8-12-16(15)24(2)18(17)14-9-5-4-6-10-14;1-4-25(14-16-8-6-5-7-9-16)18-12-10-17(11-13-18)21-22-19-23(2)15-20-24(19)3;2*1-22-12-13-24-19(22)21-20-17-15-10-6-7-11-16(15)23(2)18(17)14-8-4-3-5-9-14;1-5-20(6-2)13-9-7-12(8-10-13)16-17-14-18(3)11-15-19(14)4/h3-16,19H,17-18H2,1-2H3;4-13H,1-3H3;5-13,15H,4,14H2,1-3H3;2*3-13H,1-2H3;7-11H,5-6H2,1-4H3/q6*+1. The number of para-hydroxylation sites is 3. The molecule has 0 aliphatic rings. The predicted molar refractivity (Wildman–Crippen MR) is 587 cm³/mol. The first-order chi connectivity index (χ1) is 72.2. The number of hydrogen-bond donors (Lipinski definition) is 0. The van der Waals surface area contributed by atoms with Crippen LogP contribution in [0.1, 0.15) is 37.5 Å². The third-order valence-corrected chi connectivity index (χ3v) is 26.5. The topological polar surface area (TPSA) is 267 Å². The van der Waals surface area contributed by atoms with Gasteiger partial charge in [0, 0.05) is 142 Å². The summed E-state index contributed by atoms with van der Waals surface area (Å²) in [4.78, 5) is 6.99. The Labute approximate surface area is 869 Å². The minimum atomic E-state index is 0.687. The van der Waals surface area contributed by atoms with Crippen LogP contribution in [0.25, 0.3) is 66.5 Å². The summed E-state index contributed by atoms with van der Waals surface area (Å²) >= 11 is 3.16. The van der Waals surface area contributed by atoms with Gasteiger partial charge in [-0.2, -0.15) is 0 Å². The maximum absolute atomic E-state index is 4.63. The molecule has 21 rings (SSSR count). The number of rotatable bonds is 27. The van der Waals surface area contributed by atoms with Crippen LogP contribution >= 0.6 is 22.7 Å². The highest BCUT2D eigenvalue weighted by Gasteiger charge is 2.25. The highest BCUT2D eigenvalue weighted by Crippen LogP contribution is 2.44. The second-order valence-corrected chi connectivity index (χ2v) is 36.7. The van der Waals surface area contributed by atoms with E-state index in [4.69, 9.17) is 0 Å². The third kappa shape index (κ3) is 25.5. The van der Waals surface area contributed by atoms with E-state index in [0.29, 0.717) is 23.8 Å². The summed E-state index contributed by atoms with van der Waals surface area (Å²) in [7, 11) is 25.2. The summed E-state index contributed by atoms with van der Waals surface area (Å²) in [6.07, 6.45) is 10.8. The average molecular weight is 2000 g/mol. The van der Waals surface area contributed by atoms with Gasteiger partial charge in [-0.15, -0.1) is 18.7 Å². The summed E-state index contributed by atoms with van der Waals surface area (Å²) in [5, 5.41) is 78.7. The molecule has 0 amide bonds. The van der Waals surface area contributed by atoms with E-state index in [0.717, 1.165) is 156 Å². The van der Waals surface area contributed by atoms with Gasteiger partial charge >= 0.3 is 34.1 Å². The van der Waals surface area contributed by atoms with E-state index in [1.807, 2.05) is 254 Å². The molecule has 0 N–H and O–H groups in total. The fourth-order valence-corrected chi connectivity index (χ4v) is 18.3. The fourth-order valence-electron chi connectivity index (χ4n) is 16.9. The lowest BCUT2D eigenvalue weighted by molar-refractivity contribution is -0.659. The third-order valence-electron chi connectivity index (χ3n) is 24.8. The van der Waals surface area contributed by atoms with Crippen molar-refractivity contribution < 1.29 is 27.4 Å². The van der Waals surface area contributed by atoms with Gasteiger partial charge in [-0.3, -0.25) is 0 Å². The number of anilines is 3. The van der Waals surface area contributed by atoms with Gasteiger partial charge in [-0.05, 0) is 182 Å². The summed E-state index contributed by atoms with van der Waals surface area (Å²) in [6, 6.07) is 112. The molecule has 0 spiro atoms. The number of thiazole rings is 2. The Bertz CT molecular complexity index is 7800. The van der Waals surface area contributed by atoms with Crippen molar-refractivity contribution in [3.63, 3.8) is 0 Å². The molecule has 0 unspecified atom stereocenters. The second kappa shape index (κ2) is 49.9. The van der Waals surface area contributed by atoms with Crippen molar-refractivity contribution in [3.8, 4) is 33.8 Å². The average Bonchev–Trinajstić information content (AvgIpc) is 1.62. The van der Waals surface area contributed by atoms with Crippen molar-refractivity contribution in [2.24, 2.45) is 153 Å². The van der Waals surface area contributed by atoms with E-state index < -0.39 is 0 Å². The van der Waals surface area contributed by atoms with Crippen molar-refractivity contribution in [2.45, 2.75) is 40.4 Å². The first kappa shape index (κ1) is 103. The summed E-state index contributed by atoms with van der Waals surface area (Å²) < 4.78 is 24.6. The Morgan fingerprint density at radius 1 is 0.250 bits per heavy atom. The van der Waals surface area contributed by atoms with Gasteiger partial charge in [0.1, 0.15) is 29.5 Å². The largest absolute Gasteiger partial charge is 0.408 e. The lowest BCUT2D eigenvalue weighted by Crippen LogP contribution is -2.25. The summed E-state index contributed by atoms with van der Waals surface area (Å²) in [6.45, 7) is 12.0. The van der Waals surface area contributed by atoms with E-state index in [9.17, 15) is 0 Å². The number of hydrogen-bond acceptors (Lipinski definition) is 21. The SMILES string of the molecule is CCN(CC)c1ccc(N=Nc2n(C)nc[n+]2C)cc1.CCN(Cc1ccccc1)c1ccc(N=Nc2n(C)nc[n+]2C)cc1.Cn1c(-c2ccccc2)c(N=Nc2scc[n+]2C)c2ccccc21.Cn1c(-c2ccccc2)c(N=Nc2scc[n+]2C)c2ccccc21.Cn1nc[n+](C)c1N=Nc1c(-c2ccccc2)n(C)c2ccccc12.Cn1nc[n+](C)c1N=Nc1ccc(N(Cc2ccccc2)Cc2ccccc2)cc1. The fraction of sp³-hybridized carbons (Fsp3) is 0.193. The number of nitrogens with zero attached hydrogens (tertiary/aromatic N) is 32. The molecule has 0 radical (unpaired) electrons. The van der Waals surface area contributed by atoms with Crippen LogP contribution in [0.5, 0.6) is 0 Å². The summed E-state index contributed by atoms with van der Waals surface area (Å²) in [5.41, 5.74) is 22.6. The van der Waals surface area contributed by atoms with Gasteiger partial charge in [0.05, 0.1) is 131 Å². The van der Waals surface area contributed by atoms with Crippen molar-refractivity contribution in [1.82, 2.24) is 52.8 Å². The number of fused-ring (bicyclic) bond motifs is 3. The zero-order chi connectivity index (χ0) is 103. The van der Waals surface area contributed by atoms with Crippen LogP contribution in [0.4, 0.5) is 85.2 Å². The lowest BCUT2D eigenvalue weighted by atomic mass is 10.1. The molecule has 0 bridgehead atoms. The van der Waals surface area contributed by atoms with Crippen LogP contribution in [-0.4, -0.2) is 72.5 Å². The zero-order valence-corrected chi connectivity index (χ0v) is 87.8. The molecule has 148 heavy (non-hydrogen) atoms. The molecule has 34 heteroatoms. The molecule has 0 fully saturated rings. The first-order valence-electron chi connectivity index (χ1n) is 48.6. The lowest BCUT2D eigenvalue weighted by Gasteiger charge is -2.25. The maximum atomic E-state index is 4.63. The molecule has 0 aliphatic heterocycles. The van der Waals surface area contributed by atoms with Crippen LogP contribution in [0.2, 0.25) is 0 Å². The van der Waals surface area contributed by atoms with Gasteiger partial charge in [-0.1, -0.05) is 257 Å². The van der Waals surface area contributed by atoms with Gasteiger partial charge in [0.15, 0.2) is 0 Å². The van der Waals surface area contributed by atoms with Gasteiger partial charge in [0.2, 0.25) is 25.3 Å². The van der Waals surface area contributed by atoms with E-state index >= 15 is 0 Å². The Morgan fingerprint density at radius 2 is 0.493 bits per heavy atom. The summed E-state index contributed by atoms with van der Waals surface area (Å²) in [5.74, 6) is 2.78. The number of azo groups is 6. The van der Waals surface area contributed by atoms with Crippen LogP contribution < -0.4 is 42.1 Å². The second-order valence-electron chi connectivity index (χ2n) is 34.9. The molecular weight excluding hydrogens is 1880 g/mol. The molecule has 0 saturated heterocycles. The van der Waals surface area contributed by atoms with Crippen molar-refractivity contribution in [1.29, 1.82) is 0 Å². The first-order valence-corrected chi connectivity index (χ1v) is 50.4. The maximum Gasteiger partial charge on any atom is 0.408 e. The Morgan fingerprint density at radius 3 is 0.757 bits per heavy atom. The number of benzene rings is 12. The van der Waals surface area contributed by atoms with Crippen LogP contribution in [0, 0.1) is 0 Å². The van der Waals surface area contributed by atoms with Gasteiger partial charge < -0.3 is 28.4 Å². The highest BCUT2D eigenvalue weighted by atomic mass is 32.1. The van der Waals surface area contributed by atoms with E-state index in [2.05, 4.69) is 346 Å². The van der Waals surface area contributed by atoms with Gasteiger partial charge in [0.25, 0.3) is 0 Å². The Balaban J connectivity index is 0.000000127. The molecule has 744 valence electrons. The van der Waals surface area contributed by atoms with Crippen LogP contribution in [0.3, 0.4) is 0 Å². The molecule has 9 aromatic heterocycles. The van der Waals surface area contributed by atoms with E-state index in [1.54, 1.807) is 66.7 Å². The Kier molecular flexibility index (Phi) is 34.7. The number of aromatic nitrogens is 17. The molecule has 9 heterocycles. The molecule has 0 atom stereocenters. The predicted octanol–water partition coefficient (Wildman–Crippen LogP) is 25.2. The monoisotopic (exact) mass is 2000 g/mol. The number of aryl methyl sites for hydroxylation is 13.